The maximum absolute atomic E-state index is 12.6. The van der Waals surface area contributed by atoms with E-state index in [0.29, 0.717) is 18.8 Å². The second-order valence-corrected chi connectivity index (χ2v) is 5.69. The first kappa shape index (κ1) is 17.4. The molecular weight excluding hydrogens is 330 g/mol. The van der Waals surface area contributed by atoms with Crippen LogP contribution in [0.15, 0.2) is 77.6 Å². The van der Waals surface area contributed by atoms with Crippen LogP contribution >= 0.6 is 0 Å². The first-order valence-corrected chi connectivity index (χ1v) is 8.24. The molecular formula is C20H19N3O3. The summed E-state index contributed by atoms with van der Waals surface area (Å²) in [5.74, 6) is 0.482. The average molecular weight is 349 g/mol. The molecule has 6 nitrogen and oxygen atoms in total. The van der Waals surface area contributed by atoms with Gasteiger partial charge in [0, 0.05) is 13.1 Å². The molecule has 0 radical (unpaired) electrons. The summed E-state index contributed by atoms with van der Waals surface area (Å²) in [5.41, 5.74) is 0.528. The van der Waals surface area contributed by atoms with E-state index in [1.165, 1.54) is 21.7 Å². The molecule has 3 aromatic rings. The van der Waals surface area contributed by atoms with Gasteiger partial charge in [0.15, 0.2) is 0 Å². The molecule has 0 saturated heterocycles. The third-order valence-corrected chi connectivity index (χ3v) is 3.81. The SMILES string of the molecule is CN(CCOc1ccccc1)C(=O)c1ccc(=O)n(-c2ccccc2)n1. The number of nitrogens with zero attached hydrogens (tertiary/aromatic N) is 3. The van der Waals surface area contributed by atoms with Crippen molar-refractivity contribution in [1.82, 2.24) is 14.7 Å². The molecule has 1 amide bonds. The van der Waals surface area contributed by atoms with E-state index in [4.69, 9.17) is 4.74 Å². The molecule has 6 heteroatoms. The van der Waals surface area contributed by atoms with Gasteiger partial charge in [0.2, 0.25) is 0 Å². The van der Waals surface area contributed by atoms with E-state index in [1.54, 1.807) is 19.2 Å². The lowest BCUT2D eigenvalue weighted by Crippen LogP contribution is -2.33. The summed E-state index contributed by atoms with van der Waals surface area (Å²) in [7, 11) is 1.68. The van der Waals surface area contributed by atoms with Gasteiger partial charge in [-0.25, -0.2) is 0 Å². The lowest BCUT2D eigenvalue weighted by atomic mass is 10.3. The molecule has 0 unspecified atom stereocenters. The van der Waals surface area contributed by atoms with E-state index in [9.17, 15) is 9.59 Å². The van der Waals surface area contributed by atoms with E-state index >= 15 is 0 Å². The van der Waals surface area contributed by atoms with Crippen molar-refractivity contribution in [3.8, 4) is 11.4 Å². The normalized spacial score (nSPS) is 10.3. The van der Waals surface area contributed by atoms with Gasteiger partial charge >= 0.3 is 0 Å². The van der Waals surface area contributed by atoms with Gasteiger partial charge < -0.3 is 9.64 Å². The third-order valence-electron chi connectivity index (χ3n) is 3.81. The molecule has 3 rings (SSSR count). The number of aromatic nitrogens is 2. The Kier molecular flexibility index (Phi) is 5.43. The Bertz CT molecular complexity index is 924. The van der Waals surface area contributed by atoms with Crippen molar-refractivity contribution in [1.29, 1.82) is 0 Å². The Hall–Kier alpha value is -3.41. The fourth-order valence-corrected chi connectivity index (χ4v) is 2.39. The zero-order valence-electron chi connectivity index (χ0n) is 14.4. The molecule has 0 bridgehead atoms. The minimum absolute atomic E-state index is 0.204. The van der Waals surface area contributed by atoms with E-state index < -0.39 is 0 Å². The monoisotopic (exact) mass is 349 g/mol. The summed E-state index contributed by atoms with van der Waals surface area (Å²) in [4.78, 5) is 26.1. The molecule has 26 heavy (non-hydrogen) atoms. The fourth-order valence-electron chi connectivity index (χ4n) is 2.39. The predicted octanol–water partition coefficient (Wildman–Crippen LogP) is 2.38. The Morgan fingerprint density at radius 3 is 2.35 bits per heavy atom. The van der Waals surface area contributed by atoms with E-state index in [-0.39, 0.29) is 17.2 Å². The number of amides is 1. The Balaban J connectivity index is 1.68. The highest BCUT2D eigenvalue weighted by atomic mass is 16.5. The highest BCUT2D eigenvalue weighted by Gasteiger charge is 2.15. The first-order valence-electron chi connectivity index (χ1n) is 8.24. The Morgan fingerprint density at radius 1 is 1.00 bits per heavy atom. The maximum Gasteiger partial charge on any atom is 0.274 e. The molecule has 0 aliphatic carbocycles. The number of likely N-dealkylation sites (N-methyl/N-ethyl adjacent to an activating group) is 1. The van der Waals surface area contributed by atoms with Crippen molar-refractivity contribution < 1.29 is 9.53 Å². The Morgan fingerprint density at radius 2 is 1.65 bits per heavy atom. The van der Waals surface area contributed by atoms with Crippen molar-refractivity contribution in [2.75, 3.05) is 20.2 Å². The van der Waals surface area contributed by atoms with E-state index in [1.807, 2.05) is 48.5 Å². The van der Waals surface area contributed by atoms with Crippen LogP contribution in [0.4, 0.5) is 0 Å². The van der Waals surface area contributed by atoms with Gasteiger partial charge in [0.25, 0.3) is 11.5 Å². The summed E-state index contributed by atoms with van der Waals surface area (Å²) in [6.07, 6.45) is 0. The highest BCUT2D eigenvalue weighted by molar-refractivity contribution is 5.91. The third kappa shape index (κ3) is 4.16. The minimum Gasteiger partial charge on any atom is -0.492 e. The smallest absolute Gasteiger partial charge is 0.274 e. The molecule has 0 aliphatic rings. The second-order valence-electron chi connectivity index (χ2n) is 5.69. The second kappa shape index (κ2) is 8.11. The number of ether oxygens (including phenoxy) is 1. The van der Waals surface area contributed by atoms with Crippen LogP contribution in [-0.4, -0.2) is 40.8 Å². The van der Waals surface area contributed by atoms with Gasteiger partial charge in [-0.2, -0.15) is 9.78 Å². The largest absolute Gasteiger partial charge is 0.492 e. The molecule has 2 aromatic carbocycles. The number of benzene rings is 2. The van der Waals surface area contributed by atoms with Gasteiger partial charge in [-0.1, -0.05) is 36.4 Å². The van der Waals surface area contributed by atoms with Crippen LogP contribution in [-0.2, 0) is 0 Å². The molecule has 0 fully saturated rings. The minimum atomic E-state index is -0.289. The number of rotatable bonds is 6. The van der Waals surface area contributed by atoms with Crippen LogP contribution in [0.25, 0.3) is 5.69 Å². The quantitative estimate of drug-likeness (QED) is 0.685. The topological polar surface area (TPSA) is 64.4 Å². The molecule has 0 aliphatic heterocycles. The molecule has 0 atom stereocenters. The van der Waals surface area contributed by atoms with Crippen LogP contribution in [0.5, 0.6) is 5.75 Å². The average Bonchev–Trinajstić information content (AvgIpc) is 2.69. The van der Waals surface area contributed by atoms with Gasteiger partial charge in [-0.3, -0.25) is 9.59 Å². The van der Waals surface area contributed by atoms with Crippen LogP contribution in [0, 0.1) is 0 Å². The number of para-hydroxylation sites is 2. The first-order chi connectivity index (χ1) is 12.6. The number of hydrogen-bond acceptors (Lipinski definition) is 4. The van der Waals surface area contributed by atoms with Crippen molar-refractivity contribution in [3.05, 3.63) is 88.8 Å². The molecule has 1 aromatic heterocycles. The summed E-state index contributed by atoms with van der Waals surface area (Å²) < 4.78 is 6.83. The Labute approximate surface area is 151 Å². The lowest BCUT2D eigenvalue weighted by molar-refractivity contribution is 0.0766. The van der Waals surface area contributed by atoms with Crippen LogP contribution in [0.1, 0.15) is 10.5 Å². The zero-order valence-corrected chi connectivity index (χ0v) is 14.4. The number of hydrogen-bond donors (Lipinski definition) is 0. The molecule has 0 N–H and O–H groups in total. The van der Waals surface area contributed by atoms with Crippen molar-refractivity contribution in [2.24, 2.45) is 0 Å². The van der Waals surface area contributed by atoms with E-state index in [2.05, 4.69) is 5.10 Å². The number of carbonyl (C=O) groups is 1. The van der Waals surface area contributed by atoms with Gasteiger partial charge in [0.05, 0.1) is 12.2 Å². The van der Waals surface area contributed by atoms with Crippen molar-refractivity contribution in [3.63, 3.8) is 0 Å². The van der Waals surface area contributed by atoms with Gasteiger partial charge in [-0.05, 0) is 30.3 Å². The summed E-state index contributed by atoms with van der Waals surface area (Å²) in [6, 6.07) is 21.2. The standard InChI is InChI=1S/C20H19N3O3/c1-22(14-15-26-17-10-6-3-7-11-17)20(25)18-12-13-19(24)23(21-18)16-8-4-2-5-9-16/h2-13H,14-15H2,1H3. The molecule has 1 heterocycles. The maximum atomic E-state index is 12.6. The number of carbonyl (C=O) groups excluding carboxylic acids is 1. The fraction of sp³-hybridized carbons (Fsp3) is 0.150. The highest BCUT2D eigenvalue weighted by Crippen LogP contribution is 2.08. The summed E-state index contributed by atoms with van der Waals surface area (Å²) in [6.45, 7) is 0.768. The summed E-state index contributed by atoms with van der Waals surface area (Å²) in [5, 5.41) is 4.20. The van der Waals surface area contributed by atoms with Crippen LogP contribution in [0.3, 0.4) is 0 Å². The van der Waals surface area contributed by atoms with Crippen LogP contribution in [0.2, 0.25) is 0 Å². The zero-order chi connectivity index (χ0) is 18.4. The molecule has 132 valence electrons. The van der Waals surface area contributed by atoms with Crippen molar-refractivity contribution >= 4 is 5.91 Å². The van der Waals surface area contributed by atoms with E-state index in [0.717, 1.165) is 5.75 Å². The lowest BCUT2D eigenvalue weighted by Gasteiger charge is -2.17. The molecule has 0 saturated carbocycles. The van der Waals surface area contributed by atoms with Gasteiger partial charge in [-0.15, -0.1) is 0 Å². The van der Waals surface area contributed by atoms with Crippen molar-refractivity contribution in [2.45, 2.75) is 0 Å². The molecule has 0 spiro atoms. The van der Waals surface area contributed by atoms with Gasteiger partial charge in [0.1, 0.15) is 18.1 Å². The predicted molar refractivity (Wildman–Crippen MR) is 98.7 cm³/mol. The van der Waals surface area contributed by atoms with Crippen LogP contribution < -0.4 is 10.3 Å². The summed E-state index contributed by atoms with van der Waals surface area (Å²) >= 11 is 0.